The lowest BCUT2D eigenvalue weighted by Crippen LogP contribution is -2.46. The summed E-state index contributed by atoms with van der Waals surface area (Å²) in [5.41, 5.74) is 3.03. The molecule has 3 heterocycles. The molecule has 0 spiro atoms. The van der Waals surface area contributed by atoms with E-state index in [0.29, 0.717) is 23.5 Å². The fourth-order valence-corrected chi connectivity index (χ4v) is 7.08. The van der Waals surface area contributed by atoms with Crippen molar-refractivity contribution in [3.63, 3.8) is 0 Å². The lowest BCUT2D eigenvalue weighted by Gasteiger charge is -2.39. The molecule has 0 radical (unpaired) electrons. The third-order valence-corrected chi connectivity index (χ3v) is 9.93. The minimum atomic E-state index is -1.24. The van der Waals surface area contributed by atoms with Gasteiger partial charge in [0.15, 0.2) is 0 Å². The van der Waals surface area contributed by atoms with Crippen LogP contribution in [-0.2, 0) is 9.05 Å². The van der Waals surface area contributed by atoms with Crippen molar-refractivity contribution in [3.8, 4) is 5.75 Å². The molecule has 2 fully saturated rings. The van der Waals surface area contributed by atoms with Gasteiger partial charge in [0.25, 0.3) is 0 Å². The molecule has 4 N–H and O–H groups in total. The van der Waals surface area contributed by atoms with Crippen molar-refractivity contribution in [2.75, 3.05) is 56.4 Å². The third-order valence-electron chi connectivity index (χ3n) is 8.48. The third kappa shape index (κ3) is 7.34. The van der Waals surface area contributed by atoms with Crippen molar-refractivity contribution in [1.82, 2.24) is 19.9 Å². The summed E-state index contributed by atoms with van der Waals surface area (Å²) >= 11 is 0. The summed E-state index contributed by atoms with van der Waals surface area (Å²) in [6.45, 7) is 6.73. The van der Waals surface area contributed by atoms with Gasteiger partial charge in [-0.1, -0.05) is 12.1 Å². The number of piperidine rings is 1. The number of nitrogens with one attached hydrogen (secondary N) is 3. The number of ether oxygens (including phenoxy) is 1. The number of benzene rings is 2. The van der Waals surface area contributed by atoms with Gasteiger partial charge < -0.3 is 44.3 Å². The number of aromatic nitrogens is 3. The number of aliphatic hydroxyl groups is 1. The second-order valence-electron chi connectivity index (χ2n) is 12.2. The summed E-state index contributed by atoms with van der Waals surface area (Å²) in [4.78, 5) is 17.6. The molecule has 2 aromatic carbocycles. The zero-order valence-electron chi connectivity index (χ0n) is 26.7. The fourth-order valence-electron chi connectivity index (χ4n) is 6.00. The van der Waals surface area contributed by atoms with Crippen LogP contribution < -0.4 is 25.6 Å². The molecule has 11 nitrogen and oxygen atoms in total. The van der Waals surface area contributed by atoms with Crippen LogP contribution in [0.25, 0.3) is 11.0 Å². The number of anilines is 5. The molecule has 2 aliphatic rings. The minimum Gasteiger partial charge on any atom is -0.489 e. The van der Waals surface area contributed by atoms with Crippen molar-refractivity contribution < 1.29 is 18.9 Å². The Hall–Kier alpha value is -3.47. The molecule has 0 atom stereocenters. The van der Waals surface area contributed by atoms with Gasteiger partial charge in [-0.3, -0.25) is 0 Å². The number of para-hydroxylation sites is 1. The average Bonchev–Trinajstić information content (AvgIpc) is 3.55. The van der Waals surface area contributed by atoms with E-state index in [2.05, 4.69) is 44.6 Å². The van der Waals surface area contributed by atoms with E-state index < -0.39 is 14.0 Å². The highest BCUT2D eigenvalue weighted by atomic mass is 31.2. The van der Waals surface area contributed by atoms with Gasteiger partial charge in [-0.05, 0) is 76.9 Å². The van der Waals surface area contributed by atoms with E-state index in [-0.39, 0.29) is 6.10 Å². The largest absolute Gasteiger partial charge is 0.489 e. The van der Waals surface area contributed by atoms with Crippen LogP contribution >= 0.6 is 8.38 Å². The number of rotatable bonds is 13. The van der Waals surface area contributed by atoms with Crippen LogP contribution in [0.1, 0.15) is 39.5 Å². The summed E-state index contributed by atoms with van der Waals surface area (Å²) in [6.07, 6.45) is 5.82. The van der Waals surface area contributed by atoms with Crippen molar-refractivity contribution in [3.05, 3.63) is 54.7 Å². The smallest absolute Gasteiger partial charge is 0.231 e. The van der Waals surface area contributed by atoms with E-state index in [1.54, 1.807) is 14.2 Å². The first kappa shape index (κ1) is 31.5. The molecule has 1 aliphatic heterocycles. The monoisotopic (exact) mass is 633 g/mol. The number of aromatic amines is 1. The van der Waals surface area contributed by atoms with Crippen LogP contribution in [-0.4, -0.2) is 83.6 Å². The first-order valence-corrected chi connectivity index (χ1v) is 16.8. The van der Waals surface area contributed by atoms with Gasteiger partial charge in [-0.2, -0.15) is 9.97 Å². The van der Waals surface area contributed by atoms with E-state index in [1.165, 1.54) is 0 Å². The first-order chi connectivity index (χ1) is 21.7. The van der Waals surface area contributed by atoms with Crippen molar-refractivity contribution in [1.29, 1.82) is 0 Å². The van der Waals surface area contributed by atoms with Crippen LogP contribution in [0.5, 0.6) is 5.75 Å². The van der Waals surface area contributed by atoms with Crippen LogP contribution in [0.4, 0.5) is 28.8 Å². The summed E-state index contributed by atoms with van der Waals surface area (Å²) in [6, 6.07) is 16.6. The molecule has 45 heavy (non-hydrogen) atoms. The van der Waals surface area contributed by atoms with Gasteiger partial charge in [-0.15, -0.1) is 0 Å². The standard InChI is InChI=1S/C33H44N7O4P/c1-22(2)44-28-20-23(10-11-27(28)40-18-13-24(14-19-40)39(3)21-33(41)15-16-33)35-32-37-30-25(12-17-34-30)31(38-32)36-26-8-6-7-9-29(26)45(42-4)43-5/h6-12,17,20,22,24,41H,13-16,18-19,21H2,1-5H3,(H3,34,35,36,37,38). The summed E-state index contributed by atoms with van der Waals surface area (Å²) in [7, 11) is 4.20. The van der Waals surface area contributed by atoms with Gasteiger partial charge in [0, 0.05) is 57.8 Å². The Morgan fingerprint density at radius 3 is 2.53 bits per heavy atom. The summed E-state index contributed by atoms with van der Waals surface area (Å²) in [5.74, 6) is 1.94. The SMILES string of the molecule is COP(OC)c1ccccc1Nc1nc(Nc2ccc(N3CCC(N(C)CC4(O)CC4)CC3)c(OC(C)C)c2)nc2[nH]ccc12. The molecule has 0 amide bonds. The van der Waals surface area contributed by atoms with Crippen LogP contribution in [0.2, 0.25) is 0 Å². The van der Waals surface area contributed by atoms with Crippen molar-refractivity contribution >= 4 is 53.5 Å². The van der Waals surface area contributed by atoms with Gasteiger partial charge >= 0.3 is 0 Å². The maximum Gasteiger partial charge on any atom is 0.231 e. The topological polar surface area (TPSA) is 120 Å². The van der Waals surface area contributed by atoms with E-state index >= 15 is 0 Å². The second kappa shape index (κ2) is 13.5. The number of hydrogen-bond acceptors (Lipinski definition) is 10. The molecule has 0 bridgehead atoms. The Morgan fingerprint density at radius 1 is 1.07 bits per heavy atom. The molecule has 0 unspecified atom stereocenters. The Morgan fingerprint density at radius 2 is 1.82 bits per heavy atom. The Kier molecular flexibility index (Phi) is 9.44. The number of H-pyrrole nitrogens is 1. The van der Waals surface area contributed by atoms with Gasteiger partial charge in [-0.25, -0.2) is 0 Å². The van der Waals surface area contributed by atoms with Crippen LogP contribution in [0, 0.1) is 0 Å². The van der Waals surface area contributed by atoms with E-state index in [0.717, 1.165) is 78.8 Å². The number of likely N-dealkylation sites (N-methyl/N-ethyl adjacent to an activating group) is 1. The fraction of sp³-hybridized carbons (Fsp3) is 0.455. The highest BCUT2D eigenvalue weighted by molar-refractivity contribution is 7.56. The Bertz CT molecular complexity index is 1600. The summed E-state index contributed by atoms with van der Waals surface area (Å²) < 4.78 is 17.5. The first-order valence-electron chi connectivity index (χ1n) is 15.6. The highest BCUT2D eigenvalue weighted by Gasteiger charge is 2.42. The quantitative estimate of drug-likeness (QED) is 0.133. The normalized spacial score (nSPS) is 16.6. The molecule has 6 rings (SSSR count). The molecule has 1 aliphatic carbocycles. The van der Waals surface area contributed by atoms with Crippen molar-refractivity contribution in [2.45, 2.75) is 57.3 Å². The molecule has 1 saturated carbocycles. The van der Waals surface area contributed by atoms with Crippen molar-refractivity contribution in [2.24, 2.45) is 0 Å². The van der Waals surface area contributed by atoms with Gasteiger partial charge in [0.05, 0.1) is 33.8 Å². The maximum atomic E-state index is 10.4. The Balaban J connectivity index is 1.21. The summed E-state index contributed by atoms with van der Waals surface area (Å²) in [5, 5.41) is 19.1. The predicted octanol–water partition coefficient (Wildman–Crippen LogP) is 5.89. The zero-order valence-corrected chi connectivity index (χ0v) is 27.6. The van der Waals surface area contributed by atoms with Crippen LogP contribution in [0.3, 0.4) is 0 Å². The molecule has 12 heteroatoms. The Labute approximate surface area is 266 Å². The molecule has 2 aromatic heterocycles. The molecule has 1 saturated heterocycles. The average molecular weight is 634 g/mol. The van der Waals surface area contributed by atoms with Gasteiger partial charge in [0.1, 0.15) is 17.2 Å². The van der Waals surface area contributed by atoms with E-state index in [9.17, 15) is 5.11 Å². The van der Waals surface area contributed by atoms with Crippen LogP contribution in [0.15, 0.2) is 54.7 Å². The predicted molar refractivity (Wildman–Crippen MR) is 182 cm³/mol. The molecule has 4 aromatic rings. The second-order valence-corrected chi connectivity index (χ2v) is 14.0. The number of fused-ring (bicyclic) bond motifs is 1. The van der Waals surface area contributed by atoms with E-state index in [4.69, 9.17) is 23.8 Å². The minimum absolute atomic E-state index is 0.0223. The lowest BCUT2D eigenvalue weighted by atomic mass is 10.0. The van der Waals surface area contributed by atoms with Gasteiger partial charge in [0.2, 0.25) is 14.3 Å². The molecule has 240 valence electrons. The molecular weight excluding hydrogens is 589 g/mol. The number of nitrogens with zero attached hydrogens (tertiary/aromatic N) is 4. The highest BCUT2D eigenvalue weighted by Crippen LogP contribution is 2.40. The number of hydrogen-bond donors (Lipinski definition) is 4. The maximum absolute atomic E-state index is 10.4. The van der Waals surface area contributed by atoms with E-state index in [1.807, 2.05) is 56.4 Å². The lowest BCUT2D eigenvalue weighted by molar-refractivity contribution is 0.0776. The molecular formula is C33H44N7O4P. The zero-order chi connectivity index (χ0) is 31.6.